The van der Waals surface area contributed by atoms with Gasteiger partial charge in [-0.05, 0) is 59.4 Å². The van der Waals surface area contributed by atoms with E-state index in [1.165, 1.54) is 44.4 Å². The number of hydrogen-bond acceptors (Lipinski definition) is 3. The average Bonchev–Trinajstić information content (AvgIpc) is 3.56. The summed E-state index contributed by atoms with van der Waals surface area (Å²) >= 11 is 0. The van der Waals surface area contributed by atoms with Crippen LogP contribution in [-0.4, -0.2) is 19.5 Å². The highest BCUT2D eigenvalue weighted by atomic mass is 15.0. The Balaban J connectivity index is 1.25. The number of benzene rings is 5. The Morgan fingerprint density at radius 2 is 1.22 bits per heavy atom. The van der Waals surface area contributed by atoms with Crippen LogP contribution in [0.2, 0.25) is 0 Å². The molecule has 0 unspecified atom stereocenters. The van der Waals surface area contributed by atoms with E-state index >= 15 is 0 Å². The number of nitrogens with zero attached hydrogens (tertiary/aromatic N) is 4. The topological polar surface area (TPSA) is 43.6 Å². The van der Waals surface area contributed by atoms with E-state index in [9.17, 15) is 0 Å². The van der Waals surface area contributed by atoms with Crippen molar-refractivity contribution < 1.29 is 0 Å². The highest BCUT2D eigenvalue weighted by molar-refractivity contribution is 5.99. The van der Waals surface area contributed by atoms with Crippen LogP contribution in [0.15, 0.2) is 127 Å². The lowest BCUT2D eigenvalue weighted by molar-refractivity contribution is 0.661. The summed E-state index contributed by atoms with van der Waals surface area (Å²) in [5.74, 6) is 2.00. The van der Waals surface area contributed by atoms with Crippen LogP contribution >= 0.6 is 0 Å². The molecule has 4 heteroatoms. The largest absolute Gasteiger partial charge is 0.313 e. The molecule has 0 N–H and O–H groups in total. The number of allylic oxidation sites excluding steroid dienone is 1. The summed E-state index contributed by atoms with van der Waals surface area (Å²) in [5.41, 5.74) is 13.4. The van der Waals surface area contributed by atoms with Crippen molar-refractivity contribution in [2.75, 3.05) is 0 Å². The molecule has 0 saturated heterocycles. The quantitative estimate of drug-likeness (QED) is 0.204. The van der Waals surface area contributed by atoms with Crippen LogP contribution < -0.4 is 0 Å². The fourth-order valence-corrected chi connectivity index (χ4v) is 7.43. The molecule has 0 amide bonds. The van der Waals surface area contributed by atoms with Gasteiger partial charge in [0, 0.05) is 44.4 Å². The van der Waals surface area contributed by atoms with Crippen LogP contribution in [0.4, 0.5) is 0 Å². The monoisotopic (exact) mass is 592 g/mol. The molecule has 2 aliphatic rings. The molecule has 0 radical (unpaired) electrons. The molecule has 46 heavy (non-hydrogen) atoms. The zero-order valence-corrected chi connectivity index (χ0v) is 25.9. The molecule has 0 saturated carbocycles. The summed E-state index contributed by atoms with van der Waals surface area (Å²) in [6, 6.07) is 42.8. The van der Waals surface area contributed by atoms with E-state index in [1.807, 2.05) is 60.7 Å². The summed E-state index contributed by atoms with van der Waals surface area (Å²) in [6.07, 6.45) is 6.67. The lowest BCUT2D eigenvalue weighted by Crippen LogP contribution is -2.15. The third kappa shape index (κ3) is 4.10. The average molecular weight is 593 g/mol. The van der Waals surface area contributed by atoms with Crippen LogP contribution in [-0.2, 0) is 11.8 Å². The maximum absolute atomic E-state index is 5.02. The highest BCUT2D eigenvalue weighted by Crippen LogP contribution is 2.51. The minimum atomic E-state index is -0.0695. The molecule has 0 aliphatic heterocycles. The number of rotatable bonds is 4. The molecule has 0 spiro atoms. The van der Waals surface area contributed by atoms with E-state index in [0.29, 0.717) is 17.5 Å². The van der Waals surface area contributed by atoms with Crippen LogP contribution in [0.3, 0.4) is 0 Å². The standard InChI is InChI=1S/C42H32N4/c1-42(2)35-22-11-9-20-31(35)33-25-34-32-21-10-12-23-37(32)46(38(34)26-36(33)42)30-19-13-18-29(24-30)41-44-39(27-14-5-3-6-15-27)43-40(45-41)28-16-7-4-8-17-28/h3-11,13-22,24-26H,12,23H2,1-2H3. The van der Waals surface area contributed by atoms with Gasteiger partial charge in [0.2, 0.25) is 0 Å². The van der Waals surface area contributed by atoms with E-state index in [2.05, 4.69) is 91.2 Å². The Labute approximate surface area is 268 Å². The maximum Gasteiger partial charge on any atom is 0.164 e. The van der Waals surface area contributed by atoms with Crippen LogP contribution in [0.5, 0.6) is 0 Å². The van der Waals surface area contributed by atoms with Crippen molar-refractivity contribution in [2.45, 2.75) is 32.1 Å². The molecule has 7 aromatic rings. The number of fused-ring (bicyclic) bond motifs is 6. The zero-order valence-electron chi connectivity index (χ0n) is 25.9. The second kappa shape index (κ2) is 10.2. The van der Waals surface area contributed by atoms with Crippen LogP contribution in [0.1, 0.15) is 42.7 Å². The molecule has 0 atom stereocenters. The zero-order chi connectivity index (χ0) is 30.8. The van der Waals surface area contributed by atoms with Crippen molar-refractivity contribution >= 4 is 17.0 Å². The fraction of sp³-hybridized carbons (Fsp3) is 0.119. The molecule has 2 aromatic heterocycles. The fourth-order valence-electron chi connectivity index (χ4n) is 7.43. The first kappa shape index (κ1) is 26.8. The van der Waals surface area contributed by atoms with Gasteiger partial charge in [-0.15, -0.1) is 0 Å². The molecule has 9 rings (SSSR count). The molecular formula is C42H32N4. The Bertz CT molecular complexity index is 2270. The first-order valence-electron chi connectivity index (χ1n) is 16.0. The molecule has 2 aliphatic carbocycles. The summed E-state index contributed by atoms with van der Waals surface area (Å²) in [4.78, 5) is 14.9. The smallest absolute Gasteiger partial charge is 0.164 e. The Morgan fingerprint density at radius 1 is 0.587 bits per heavy atom. The van der Waals surface area contributed by atoms with Crippen molar-refractivity contribution in [3.8, 4) is 51.0 Å². The van der Waals surface area contributed by atoms with Gasteiger partial charge in [-0.25, -0.2) is 15.0 Å². The van der Waals surface area contributed by atoms with Crippen LogP contribution in [0.25, 0.3) is 68.0 Å². The van der Waals surface area contributed by atoms with Crippen LogP contribution in [0, 0.1) is 0 Å². The normalized spacial score (nSPS) is 14.2. The Hall–Kier alpha value is -5.61. The Morgan fingerprint density at radius 3 is 1.93 bits per heavy atom. The lowest BCUT2D eigenvalue weighted by atomic mass is 9.82. The van der Waals surface area contributed by atoms with Gasteiger partial charge in [0.15, 0.2) is 17.5 Å². The SMILES string of the molecule is CC1(C)c2ccccc2-c2cc3c4c(n(-c5cccc(-c6nc(-c7ccccc7)nc(-c7ccccc7)n6)c5)c3cc21)CCC=C4. The third-order valence-corrected chi connectivity index (χ3v) is 9.71. The van der Waals surface area contributed by atoms with E-state index < -0.39 is 0 Å². The van der Waals surface area contributed by atoms with Crippen molar-refractivity contribution in [3.63, 3.8) is 0 Å². The molecule has 0 bridgehead atoms. The molecular weight excluding hydrogens is 560 g/mol. The van der Waals surface area contributed by atoms with Gasteiger partial charge in [0.25, 0.3) is 0 Å². The minimum absolute atomic E-state index is 0.0695. The van der Waals surface area contributed by atoms with Crippen molar-refractivity contribution in [2.24, 2.45) is 0 Å². The summed E-state index contributed by atoms with van der Waals surface area (Å²) < 4.78 is 2.48. The second-order valence-electron chi connectivity index (χ2n) is 12.8. The second-order valence-corrected chi connectivity index (χ2v) is 12.8. The summed E-state index contributed by atoms with van der Waals surface area (Å²) in [6.45, 7) is 4.71. The van der Waals surface area contributed by atoms with E-state index in [1.54, 1.807) is 0 Å². The molecule has 5 aromatic carbocycles. The first-order chi connectivity index (χ1) is 22.6. The molecule has 220 valence electrons. The maximum atomic E-state index is 5.02. The first-order valence-corrected chi connectivity index (χ1v) is 16.0. The van der Waals surface area contributed by atoms with E-state index in [4.69, 9.17) is 15.0 Å². The highest BCUT2D eigenvalue weighted by Gasteiger charge is 2.36. The van der Waals surface area contributed by atoms with Gasteiger partial charge in [0.05, 0.1) is 5.52 Å². The van der Waals surface area contributed by atoms with Gasteiger partial charge < -0.3 is 4.57 Å². The van der Waals surface area contributed by atoms with Gasteiger partial charge in [0.1, 0.15) is 0 Å². The van der Waals surface area contributed by atoms with Crippen molar-refractivity contribution in [1.82, 2.24) is 19.5 Å². The lowest BCUT2D eigenvalue weighted by Gasteiger charge is -2.22. The van der Waals surface area contributed by atoms with Crippen molar-refractivity contribution in [3.05, 3.63) is 150 Å². The predicted octanol–water partition coefficient (Wildman–Crippen LogP) is 10.1. The van der Waals surface area contributed by atoms with E-state index in [-0.39, 0.29) is 5.41 Å². The third-order valence-electron chi connectivity index (χ3n) is 9.71. The molecule has 2 heterocycles. The van der Waals surface area contributed by atoms with Gasteiger partial charge >= 0.3 is 0 Å². The van der Waals surface area contributed by atoms with Gasteiger partial charge in [-0.3, -0.25) is 0 Å². The van der Waals surface area contributed by atoms with Gasteiger partial charge in [-0.1, -0.05) is 123 Å². The number of hydrogen-bond donors (Lipinski definition) is 0. The predicted molar refractivity (Wildman–Crippen MR) is 188 cm³/mol. The number of aromatic nitrogens is 4. The molecule has 0 fully saturated rings. The van der Waals surface area contributed by atoms with E-state index in [0.717, 1.165) is 35.2 Å². The Kier molecular flexibility index (Phi) is 5.94. The minimum Gasteiger partial charge on any atom is -0.313 e. The van der Waals surface area contributed by atoms with Gasteiger partial charge in [-0.2, -0.15) is 0 Å². The summed E-state index contributed by atoms with van der Waals surface area (Å²) in [5, 5.41) is 1.31. The summed E-state index contributed by atoms with van der Waals surface area (Å²) in [7, 11) is 0. The molecule has 4 nitrogen and oxygen atoms in total. The van der Waals surface area contributed by atoms with Crippen molar-refractivity contribution in [1.29, 1.82) is 0 Å².